The van der Waals surface area contributed by atoms with Crippen molar-refractivity contribution in [2.45, 2.75) is 180 Å². The number of piperidine rings is 1. The zero-order valence-electron chi connectivity index (χ0n) is 42.4. The van der Waals surface area contributed by atoms with Crippen molar-refractivity contribution < 1.29 is 67.7 Å². The lowest BCUT2D eigenvalue weighted by molar-refractivity contribution is -0.265. The zero-order chi connectivity index (χ0) is 50.3. The Morgan fingerprint density at radius 1 is 0.853 bits per heavy atom. The number of hydrogen-bond donors (Lipinski definition) is 3. The highest BCUT2D eigenvalue weighted by molar-refractivity contribution is 6.39. The second-order valence-corrected chi connectivity index (χ2v) is 20.2. The quantitative estimate of drug-likeness (QED) is 0.134. The SMILES string of the molecule is CO[C@H]1C[C@H]2CC[C@H](C)[C@](O)(O2)C(=O)C(=O)N2CCCC[C@H]2C(=O)OC([C@@H](C)C[C@@H]2CC[C@@H](OCCO)[C@H](OC)C2)CC(=O)[C@H](C)/C=C(\C)[C@@H](O)[C@@H](OC)C(=O)[C@H](C)C[C@H](C)/C=C/C=C/C=C/1C. The minimum atomic E-state index is -2.43. The summed E-state index contributed by atoms with van der Waals surface area (Å²) in [6, 6.07) is -1.14. The first kappa shape index (κ1) is 57.2. The van der Waals surface area contributed by atoms with Crippen LogP contribution >= 0.6 is 0 Å². The molecule has 2 bridgehead atoms. The minimum absolute atomic E-state index is 0.0158. The lowest BCUT2D eigenvalue weighted by Gasteiger charge is -2.42. The van der Waals surface area contributed by atoms with Gasteiger partial charge in [-0.3, -0.25) is 19.2 Å². The Morgan fingerprint density at radius 3 is 2.26 bits per heavy atom. The average molecular weight is 958 g/mol. The number of nitrogens with zero attached hydrogens (tertiary/aromatic N) is 1. The van der Waals surface area contributed by atoms with Crippen LogP contribution in [0.3, 0.4) is 0 Å². The summed E-state index contributed by atoms with van der Waals surface area (Å²) >= 11 is 0. The van der Waals surface area contributed by atoms with E-state index >= 15 is 0 Å². The van der Waals surface area contributed by atoms with Gasteiger partial charge in [-0.05, 0) is 107 Å². The molecule has 0 spiro atoms. The number of aliphatic hydroxyl groups is 3. The maximum Gasteiger partial charge on any atom is 0.329 e. The number of esters is 1. The smallest absolute Gasteiger partial charge is 0.329 e. The number of methoxy groups -OCH3 is 3. The third-order valence-corrected chi connectivity index (χ3v) is 14.9. The van der Waals surface area contributed by atoms with Crippen LogP contribution in [-0.2, 0) is 52.4 Å². The number of allylic oxidation sites excluding steroid dienone is 6. The summed E-state index contributed by atoms with van der Waals surface area (Å²) < 4.78 is 35.6. The predicted molar refractivity (Wildman–Crippen MR) is 256 cm³/mol. The molecular formula is C53H83NO14. The fourth-order valence-electron chi connectivity index (χ4n) is 10.5. The maximum atomic E-state index is 14.5. The normalized spacial score (nSPS) is 39.2. The number of hydrogen-bond acceptors (Lipinski definition) is 14. The molecular weight excluding hydrogens is 875 g/mol. The van der Waals surface area contributed by atoms with Gasteiger partial charge in [-0.1, -0.05) is 71.1 Å². The molecule has 1 unspecified atom stereocenters. The average Bonchev–Trinajstić information content (AvgIpc) is 3.32. The molecule has 15 heteroatoms. The number of carbonyl (C=O) groups is 5. The van der Waals surface area contributed by atoms with Crippen LogP contribution in [0.15, 0.2) is 47.6 Å². The molecule has 1 amide bonds. The van der Waals surface area contributed by atoms with E-state index in [1.807, 2.05) is 58.1 Å². The molecule has 0 aromatic carbocycles. The number of ether oxygens (including phenoxy) is 6. The Bertz CT molecular complexity index is 1810. The van der Waals surface area contributed by atoms with E-state index in [1.54, 1.807) is 41.1 Å². The molecule has 3 N–H and O–H groups in total. The van der Waals surface area contributed by atoms with Crippen LogP contribution in [0.2, 0.25) is 0 Å². The molecule has 4 rings (SSSR count). The van der Waals surface area contributed by atoms with Gasteiger partial charge >= 0.3 is 5.97 Å². The lowest BCUT2D eigenvalue weighted by Crippen LogP contribution is -2.61. The van der Waals surface area contributed by atoms with E-state index in [1.165, 1.54) is 12.0 Å². The summed E-state index contributed by atoms with van der Waals surface area (Å²) in [5.41, 5.74) is 1.26. The van der Waals surface area contributed by atoms with E-state index in [4.69, 9.17) is 28.4 Å². The molecule has 0 aromatic heterocycles. The summed E-state index contributed by atoms with van der Waals surface area (Å²) in [6.45, 7) is 12.9. The van der Waals surface area contributed by atoms with Gasteiger partial charge in [-0.2, -0.15) is 0 Å². The number of Topliss-reactive ketones (excluding diaryl/α,β-unsaturated/α-hetero) is 3. The van der Waals surface area contributed by atoms with Crippen molar-refractivity contribution in [2.24, 2.45) is 35.5 Å². The minimum Gasteiger partial charge on any atom is -0.460 e. The van der Waals surface area contributed by atoms with Crippen LogP contribution in [0.25, 0.3) is 0 Å². The molecule has 2 saturated heterocycles. The van der Waals surface area contributed by atoms with Gasteiger partial charge in [0.2, 0.25) is 5.79 Å². The van der Waals surface area contributed by atoms with Crippen molar-refractivity contribution >= 4 is 29.2 Å². The molecule has 15 atom stereocenters. The molecule has 3 aliphatic heterocycles. The van der Waals surface area contributed by atoms with Crippen molar-refractivity contribution in [3.05, 3.63) is 47.6 Å². The Labute approximate surface area is 405 Å². The van der Waals surface area contributed by atoms with Crippen LogP contribution in [0.4, 0.5) is 0 Å². The van der Waals surface area contributed by atoms with E-state index in [2.05, 4.69) is 0 Å². The summed E-state index contributed by atoms with van der Waals surface area (Å²) in [7, 11) is 4.58. The maximum absolute atomic E-state index is 14.5. The standard InChI is InChI=1S/C53H83NO14/c1-32-16-12-11-13-17-33(2)44(63-8)30-40-21-19-38(7)53(62,68-40)50(59)51(60)54-23-15-14-18-41(54)52(61)67-45(35(4)28-39-20-22-43(66-25-24-55)46(29-39)64-9)31-42(56)34(3)27-37(6)48(58)49(65-10)47(57)36(5)26-32/h11-13,16-17,27,32,34-36,38-41,43-46,48-49,55,58,62H,14-15,18-26,28-31H2,1-10H3/b13-11+,16-12+,33-17+,37-27+/t32-,34-,35+,36-,38+,39+,40-,41+,43-,44+,45?,46-,48-,49+,53+/m1/s1. The molecule has 384 valence electrons. The molecule has 3 heterocycles. The molecule has 4 aliphatic rings. The highest BCUT2D eigenvalue weighted by atomic mass is 16.6. The Morgan fingerprint density at radius 2 is 1.59 bits per heavy atom. The lowest BCUT2D eigenvalue weighted by atomic mass is 9.78. The van der Waals surface area contributed by atoms with Gasteiger partial charge < -0.3 is 48.6 Å². The first-order chi connectivity index (χ1) is 32.3. The van der Waals surface area contributed by atoms with Gasteiger partial charge in [-0.25, -0.2) is 4.79 Å². The topological polar surface area (TPSA) is 205 Å². The van der Waals surface area contributed by atoms with Gasteiger partial charge in [-0.15, -0.1) is 0 Å². The highest BCUT2D eigenvalue weighted by Gasteiger charge is 2.53. The molecule has 0 aromatic rings. The van der Waals surface area contributed by atoms with Crippen LogP contribution in [0.1, 0.15) is 126 Å². The van der Waals surface area contributed by atoms with Crippen molar-refractivity contribution in [3.8, 4) is 0 Å². The number of ketones is 3. The molecule has 1 saturated carbocycles. The predicted octanol–water partition coefficient (Wildman–Crippen LogP) is 6.20. The third kappa shape index (κ3) is 15.3. The second kappa shape index (κ2) is 27.3. The molecule has 68 heavy (non-hydrogen) atoms. The van der Waals surface area contributed by atoms with Gasteiger partial charge in [0, 0.05) is 58.5 Å². The fraction of sp³-hybridized carbons (Fsp3) is 0.755. The first-order valence-electron chi connectivity index (χ1n) is 25.0. The van der Waals surface area contributed by atoms with Crippen molar-refractivity contribution in [2.75, 3.05) is 41.1 Å². The molecule has 1 aliphatic carbocycles. The van der Waals surface area contributed by atoms with Crippen LogP contribution < -0.4 is 0 Å². The monoisotopic (exact) mass is 958 g/mol. The zero-order valence-corrected chi connectivity index (χ0v) is 42.4. The van der Waals surface area contributed by atoms with Crippen molar-refractivity contribution in [3.63, 3.8) is 0 Å². The summed E-state index contributed by atoms with van der Waals surface area (Å²) in [4.78, 5) is 72.1. The van der Waals surface area contributed by atoms with E-state index in [-0.39, 0.29) is 74.1 Å². The van der Waals surface area contributed by atoms with Gasteiger partial charge in [0.25, 0.3) is 11.7 Å². The summed E-state index contributed by atoms with van der Waals surface area (Å²) in [5, 5.41) is 32.8. The summed E-state index contributed by atoms with van der Waals surface area (Å²) in [6.07, 6.45) is 12.0. The number of cyclic esters (lactones) is 1. The number of aliphatic hydroxyl groups excluding tert-OH is 2. The molecule has 0 radical (unpaired) electrons. The van der Waals surface area contributed by atoms with Crippen molar-refractivity contribution in [1.29, 1.82) is 0 Å². The van der Waals surface area contributed by atoms with Gasteiger partial charge in [0.1, 0.15) is 30.1 Å². The fourth-order valence-corrected chi connectivity index (χ4v) is 10.5. The number of rotatable bonds is 9. The van der Waals surface area contributed by atoms with E-state index in [9.17, 15) is 39.3 Å². The van der Waals surface area contributed by atoms with Gasteiger partial charge in [0.05, 0.1) is 37.6 Å². The number of fused-ring (bicyclic) bond motifs is 3. The van der Waals surface area contributed by atoms with Crippen molar-refractivity contribution in [1.82, 2.24) is 4.90 Å². The third-order valence-electron chi connectivity index (χ3n) is 14.9. The number of carbonyl (C=O) groups excluding carboxylic acids is 5. The number of amides is 1. The molecule has 15 nitrogen and oxygen atoms in total. The molecule has 3 fully saturated rings. The summed E-state index contributed by atoms with van der Waals surface area (Å²) in [5.74, 6) is -7.96. The first-order valence-corrected chi connectivity index (χ1v) is 25.0. The highest BCUT2D eigenvalue weighted by Crippen LogP contribution is 2.38. The van der Waals surface area contributed by atoms with Gasteiger partial charge in [0.15, 0.2) is 5.78 Å². The van der Waals surface area contributed by atoms with E-state index < -0.39 is 77.8 Å². The van der Waals surface area contributed by atoms with E-state index in [0.717, 1.165) is 12.0 Å². The van der Waals surface area contributed by atoms with Crippen LogP contribution in [0, 0.1) is 35.5 Å². The van der Waals surface area contributed by atoms with Crippen LogP contribution in [0.5, 0.6) is 0 Å². The second-order valence-electron chi connectivity index (χ2n) is 20.2. The van der Waals surface area contributed by atoms with Crippen LogP contribution in [-0.4, -0.2) is 145 Å². The largest absolute Gasteiger partial charge is 0.460 e. The van der Waals surface area contributed by atoms with E-state index in [0.29, 0.717) is 63.4 Å². The Kier molecular flexibility index (Phi) is 22.9. The Balaban J connectivity index is 1.70. The Hall–Kier alpha value is -3.41.